The Hall–Kier alpha value is -0.380. The van der Waals surface area contributed by atoms with Gasteiger partial charge in [-0.25, -0.2) is 0 Å². The molecule has 2 nitrogen and oxygen atoms in total. The Bertz CT molecular complexity index is 298. The van der Waals surface area contributed by atoms with E-state index in [1.807, 2.05) is 11.3 Å². The van der Waals surface area contributed by atoms with Gasteiger partial charge in [0.15, 0.2) is 0 Å². The quantitative estimate of drug-likeness (QED) is 0.824. The van der Waals surface area contributed by atoms with Crippen LogP contribution in [0.1, 0.15) is 41.1 Å². The van der Waals surface area contributed by atoms with E-state index < -0.39 is 0 Å². The number of aliphatic hydroxyl groups excluding tert-OH is 1. The van der Waals surface area contributed by atoms with Gasteiger partial charge >= 0.3 is 0 Å². The van der Waals surface area contributed by atoms with Gasteiger partial charge in [0.05, 0.1) is 6.61 Å². The molecule has 0 spiro atoms. The van der Waals surface area contributed by atoms with Crippen molar-refractivity contribution in [3.8, 4) is 0 Å². The van der Waals surface area contributed by atoms with Crippen LogP contribution in [-0.2, 0) is 12.8 Å². The fraction of sp³-hybridized carbons (Fsp3) is 0.667. The highest BCUT2D eigenvalue weighted by molar-refractivity contribution is 7.12. The molecule has 0 bridgehead atoms. The number of hydrogen-bond acceptors (Lipinski definition) is 3. The zero-order valence-corrected chi connectivity index (χ0v) is 10.1. The first-order valence-electron chi connectivity index (χ1n) is 5.77. The molecule has 1 heterocycles. The Morgan fingerprint density at radius 1 is 1.47 bits per heavy atom. The second-order valence-corrected chi connectivity index (χ2v) is 5.37. The Balaban J connectivity index is 2.05. The van der Waals surface area contributed by atoms with Gasteiger partial charge in [0.25, 0.3) is 0 Å². The average molecular weight is 225 g/mol. The van der Waals surface area contributed by atoms with Gasteiger partial charge in [0, 0.05) is 22.3 Å². The first kappa shape index (κ1) is 11.1. The predicted molar refractivity (Wildman–Crippen MR) is 64.5 cm³/mol. The largest absolute Gasteiger partial charge is 0.395 e. The summed E-state index contributed by atoms with van der Waals surface area (Å²) in [6.07, 6.45) is 5.23. The number of thiophene rings is 1. The van der Waals surface area contributed by atoms with Gasteiger partial charge in [-0.1, -0.05) is 0 Å². The number of aryl methyl sites for hydroxylation is 2. The van der Waals surface area contributed by atoms with E-state index in [2.05, 4.69) is 18.3 Å². The van der Waals surface area contributed by atoms with E-state index in [4.69, 9.17) is 5.11 Å². The number of aliphatic hydroxyl groups is 1. The second kappa shape index (κ2) is 5.10. The minimum Gasteiger partial charge on any atom is -0.395 e. The lowest BCUT2D eigenvalue weighted by molar-refractivity contribution is 0.286. The summed E-state index contributed by atoms with van der Waals surface area (Å²) in [6, 6.07) is 2.74. The van der Waals surface area contributed by atoms with Crippen molar-refractivity contribution < 1.29 is 5.11 Å². The molecule has 2 rings (SSSR count). The third-order valence-electron chi connectivity index (χ3n) is 3.00. The standard InChI is InChI=1S/C12H19NOS/c1-9(13-6-7-14)12-8-10-4-2-3-5-11(10)15-12/h8-9,13-14H,2-7H2,1H3. The van der Waals surface area contributed by atoms with Gasteiger partial charge in [-0.15, -0.1) is 11.3 Å². The molecular formula is C12H19NOS. The van der Waals surface area contributed by atoms with Crippen molar-refractivity contribution in [1.29, 1.82) is 0 Å². The summed E-state index contributed by atoms with van der Waals surface area (Å²) in [5.41, 5.74) is 1.57. The van der Waals surface area contributed by atoms with Crippen LogP contribution in [0, 0.1) is 0 Å². The highest BCUT2D eigenvalue weighted by Gasteiger charge is 2.15. The molecule has 1 aliphatic carbocycles. The molecule has 15 heavy (non-hydrogen) atoms. The van der Waals surface area contributed by atoms with Crippen LogP contribution in [0.3, 0.4) is 0 Å². The SMILES string of the molecule is CC(NCCO)c1cc2c(s1)CCCC2. The minimum absolute atomic E-state index is 0.218. The van der Waals surface area contributed by atoms with Crippen molar-refractivity contribution in [2.24, 2.45) is 0 Å². The van der Waals surface area contributed by atoms with Gasteiger partial charge in [-0.3, -0.25) is 0 Å². The van der Waals surface area contributed by atoms with Crippen LogP contribution >= 0.6 is 11.3 Å². The lowest BCUT2D eigenvalue weighted by Crippen LogP contribution is -2.21. The maximum atomic E-state index is 8.77. The van der Waals surface area contributed by atoms with Crippen LogP contribution in [0.4, 0.5) is 0 Å². The van der Waals surface area contributed by atoms with Gasteiger partial charge in [0.2, 0.25) is 0 Å². The van der Waals surface area contributed by atoms with Crippen molar-refractivity contribution in [3.63, 3.8) is 0 Å². The predicted octanol–water partition coefficient (Wildman–Crippen LogP) is 2.27. The van der Waals surface area contributed by atoms with Crippen LogP contribution in [0.5, 0.6) is 0 Å². The number of hydrogen-bond donors (Lipinski definition) is 2. The molecule has 1 aromatic heterocycles. The average Bonchev–Trinajstić information content (AvgIpc) is 2.69. The molecule has 1 atom stereocenters. The molecule has 3 heteroatoms. The van der Waals surface area contributed by atoms with Crippen LogP contribution in [-0.4, -0.2) is 18.3 Å². The van der Waals surface area contributed by atoms with Crippen LogP contribution < -0.4 is 5.32 Å². The third kappa shape index (κ3) is 2.60. The molecule has 1 aliphatic rings. The number of rotatable bonds is 4. The molecule has 0 aliphatic heterocycles. The Morgan fingerprint density at radius 3 is 3.00 bits per heavy atom. The van der Waals surface area contributed by atoms with Crippen molar-refractivity contribution in [1.82, 2.24) is 5.32 Å². The van der Waals surface area contributed by atoms with E-state index in [1.54, 1.807) is 10.4 Å². The Labute approximate surface area is 95.3 Å². The van der Waals surface area contributed by atoms with Crippen molar-refractivity contribution >= 4 is 11.3 Å². The summed E-state index contributed by atoms with van der Waals surface area (Å²) in [7, 11) is 0. The van der Waals surface area contributed by atoms with Gasteiger partial charge in [-0.05, 0) is 44.2 Å². The van der Waals surface area contributed by atoms with E-state index in [9.17, 15) is 0 Å². The summed E-state index contributed by atoms with van der Waals surface area (Å²) in [4.78, 5) is 3.02. The molecule has 0 fully saturated rings. The molecule has 0 radical (unpaired) electrons. The zero-order valence-electron chi connectivity index (χ0n) is 9.25. The van der Waals surface area contributed by atoms with E-state index in [-0.39, 0.29) is 6.61 Å². The molecule has 0 saturated heterocycles. The van der Waals surface area contributed by atoms with E-state index >= 15 is 0 Å². The minimum atomic E-state index is 0.218. The maximum absolute atomic E-state index is 8.77. The summed E-state index contributed by atoms with van der Waals surface area (Å²) in [6.45, 7) is 3.08. The first-order valence-corrected chi connectivity index (χ1v) is 6.58. The van der Waals surface area contributed by atoms with Crippen LogP contribution in [0.15, 0.2) is 6.07 Å². The Kier molecular flexibility index (Phi) is 3.78. The second-order valence-electron chi connectivity index (χ2n) is 4.20. The highest BCUT2D eigenvalue weighted by atomic mass is 32.1. The maximum Gasteiger partial charge on any atom is 0.0556 e. The monoisotopic (exact) mass is 225 g/mol. The molecule has 0 saturated carbocycles. The molecule has 84 valence electrons. The summed E-state index contributed by atoms with van der Waals surface area (Å²) in [5, 5.41) is 12.1. The van der Waals surface area contributed by atoms with Crippen LogP contribution in [0.25, 0.3) is 0 Å². The fourth-order valence-electron chi connectivity index (χ4n) is 2.11. The van der Waals surface area contributed by atoms with Crippen molar-refractivity contribution in [3.05, 3.63) is 21.4 Å². The van der Waals surface area contributed by atoms with Crippen molar-refractivity contribution in [2.45, 2.75) is 38.6 Å². The third-order valence-corrected chi connectivity index (χ3v) is 4.42. The molecular weight excluding hydrogens is 206 g/mol. The van der Waals surface area contributed by atoms with E-state index in [0.29, 0.717) is 12.6 Å². The molecule has 0 aromatic carbocycles. The summed E-state index contributed by atoms with van der Waals surface area (Å²) >= 11 is 1.95. The Morgan fingerprint density at radius 2 is 2.27 bits per heavy atom. The fourth-order valence-corrected chi connectivity index (χ4v) is 3.39. The van der Waals surface area contributed by atoms with Gasteiger partial charge in [0.1, 0.15) is 0 Å². The molecule has 1 aromatic rings. The number of nitrogens with one attached hydrogen (secondary N) is 1. The van der Waals surface area contributed by atoms with Gasteiger partial charge in [-0.2, -0.15) is 0 Å². The zero-order chi connectivity index (χ0) is 10.7. The molecule has 0 amide bonds. The summed E-state index contributed by atoms with van der Waals surface area (Å²) < 4.78 is 0. The van der Waals surface area contributed by atoms with E-state index in [0.717, 1.165) is 0 Å². The molecule has 1 unspecified atom stereocenters. The lowest BCUT2D eigenvalue weighted by atomic mass is 9.99. The van der Waals surface area contributed by atoms with Crippen LogP contribution in [0.2, 0.25) is 0 Å². The smallest absolute Gasteiger partial charge is 0.0556 e. The molecule has 2 N–H and O–H groups in total. The summed E-state index contributed by atoms with van der Waals surface area (Å²) in [5.74, 6) is 0. The topological polar surface area (TPSA) is 32.3 Å². The van der Waals surface area contributed by atoms with E-state index in [1.165, 1.54) is 30.6 Å². The van der Waals surface area contributed by atoms with Crippen molar-refractivity contribution in [2.75, 3.05) is 13.2 Å². The lowest BCUT2D eigenvalue weighted by Gasteiger charge is -2.09. The number of fused-ring (bicyclic) bond motifs is 1. The van der Waals surface area contributed by atoms with Gasteiger partial charge < -0.3 is 10.4 Å². The first-order chi connectivity index (χ1) is 7.31. The highest BCUT2D eigenvalue weighted by Crippen LogP contribution is 2.32. The normalized spacial score (nSPS) is 17.5.